The van der Waals surface area contributed by atoms with Crippen LogP contribution in [0.4, 0.5) is 0 Å². The Morgan fingerprint density at radius 3 is 2.56 bits per heavy atom. The van der Waals surface area contributed by atoms with Crippen LogP contribution in [0.5, 0.6) is 0 Å². The predicted octanol–water partition coefficient (Wildman–Crippen LogP) is 6.14. The fourth-order valence-electron chi connectivity index (χ4n) is 2.24. The van der Waals surface area contributed by atoms with Crippen LogP contribution in [0, 0.1) is 13.8 Å². The number of hydrogen-bond acceptors (Lipinski definition) is 0. The average Bonchev–Trinajstić information content (AvgIpc) is 2.34. The molecule has 2 aromatic carbocycles. The summed E-state index contributed by atoms with van der Waals surface area (Å²) in [6.45, 7) is 8.05. The van der Waals surface area contributed by atoms with Gasteiger partial charge in [0.15, 0.2) is 0 Å². The maximum absolute atomic E-state index is 3.74. The molecule has 0 amide bonds. The first kappa shape index (κ1) is 13.6. The average molecular weight is 366 g/mol. The van der Waals surface area contributed by atoms with Crippen LogP contribution in [0.25, 0.3) is 15.3 Å². The van der Waals surface area contributed by atoms with Gasteiger partial charge in [0.05, 0.1) is 0 Å². The van der Waals surface area contributed by atoms with Gasteiger partial charge in [0.1, 0.15) is 0 Å². The van der Waals surface area contributed by atoms with E-state index in [4.69, 9.17) is 0 Å². The molecular weight excluding hydrogens is 352 g/mol. The quantitative estimate of drug-likeness (QED) is 0.560. The van der Waals surface area contributed by atoms with Crippen LogP contribution < -0.4 is 0 Å². The second-order valence-electron chi connectivity index (χ2n) is 4.28. The van der Waals surface area contributed by atoms with Crippen molar-refractivity contribution in [1.82, 2.24) is 0 Å². The summed E-state index contributed by atoms with van der Waals surface area (Å²) < 4.78 is 2.21. The Morgan fingerprint density at radius 1 is 1.17 bits per heavy atom. The van der Waals surface area contributed by atoms with E-state index in [2.05, 4.69) is 76.6 Å². The van der Waals surface area contributed by atoms with Gasteiger partial charge in [-0.1, -0.05) is 62.7 Å². The van der Waals surface area contributed by atoms with E-state index in [0.29, 0.717) is 0 Å². The molecule has 0 unspecified atom stereocenters. The fourth-order valence-corrected chi connectivity index (χ4v) is 3.32. The monoisotopic (exact) mass is 364 g/mol. The maximum Gasteiger partial charge on any atom is 0.0254 e. The van der Waals surface area contributed by atoms with E-state index in [0.717, 1.165) is 8.96 Å². The molecule has 0 aliphatic carbocycles. The van der Waals surface area contributed by atoms with E-state index in [1.54, 1.807) is 6.08 Å². The highest BCUT2D eigenvalue weighted by Gasteiger charge is 2.09. The predicted molar refractivity (Wildman–Crippen MR) is 88.2 cm³/mol. The maximum atomic E-state index is 3.74. The highest BCUT2D eigenvalue weighted by Crippen LogP contribution is 2.34. The number of benzene rings is 2. The molecule has 0 aliphatic heterocycles. The lowest BCUT2D eigenvalue weighted by Crippen LogP contribution is -1.90. The molecule has 0 atom stereocenters. The van der Waals surface area contributed by atoms with Gasteiger partial charge in [-0.2, -0.15) is 0 Å². The summed E-state index contributed by atoms with van der Waals surface area (Å²) >= 11 is 7.22. The van der Waals surface area contributed by atoms with Crippen molar-refractivity contribution in [3.8, 4) is 0 Å². The van der Waals surface area contributed by atoms with E-state index in [-0.39, 0.29) is 0 Å². The van der Waals surface area contributed by atoms with E-state index in [9.17, 15) is 0 Å². The largest absolute Gasteiger partial charge is 0.0990 e. The van der Waals surface area contributed by atoms with Crippen LogP contribution >= 0.6 is 31.9 Å². The zero-order valence-electron chi connectivity index (χ0n) is 10.4. The van der Waals surface area contributed by atoms with Crippen molar-refractivity contribution in [2.24, 2.45) is 0 Å². The Bertz CT molecular complexity index is 652. The second kappa shape index (κ2) is 5.41. The molecule has 0 heterocycles. The zero-order valence-corrected chi connectivity index (χ0v) is 13.6. The number of rotatable bonds is 2. The van der Waals surface area contributed by atoms with Crippen molar-refractivity contribution in [3.63, 3.8) is 0 Å². The van der Waals surface area contributed by atoms with E-state index in [1.165, 1.54) is 27.5 Å². The molecule has 0 saturated heterocycles. The molecule has 92 valence electrons. The van der Waals surface area contributed by atoms with Crippen LogP contribution in [-0.4, -0.2) is 0 Å². The number of allylic oxidation sites excluding steroid dienone is 2. The molecule has 0 radical (unpaired) electrons. The minimum atomic E-state index is 1.07. The van der Waals surface area contributed by atoms with E-state index in [1.807, 2.05) is 6.08 Å². The Hall–Kier alpha value is -0.860. The van der Waals surface area contributed by atoms with Gasteiger partial charge < -0.3 is 0 Å². The fraction of sp³-hybridized carbons (Fsp3) is 0.125. The van der Waals surface area contributed by atoms with Gasteiger partial charge in [-0.15, -0.1) is 0 Å². The molecule has 0 aromatic heterocycles. The highest BCUT2D eigenvalue weighted by molar-refractivity contribution is 9.15. The molecule has 18 heavy (non-hydrogen) atoms. The first-order valence-electron chi connectivity index (χ1n) is 5.73. The smallest absolute Gasteiger partial charge is 0.0254 e. The van der Waals surface area contributed by atoms with Crippen molar-refractivity contribution in [2.45, 2.75) is 13.8 Å². The number of aryl methyl sites for hydroxylation is 2. The van der Waals surface area contributed by atoms with Crippen LogP contribution in [0.1, 0.15) is 16.7 Å². The highest BCUT2D eigenvalue weighted by atomic mass is 79.9. The number of halogens is 2. The summed E-state index contributed by atoms with van der Waals surface area (Å²) in [5.74, 6) is 0. The lowest BCUT2D eigenvalue weighted by Gasteiger charge is -2.12. The van der Waals surface area contributed by atoms with Crippen LogP contribution in [0.15, 0.2) is 47.5 Å². The van der Waals surface area contributed by atoms with Crippen molar-refractivity contribution in [3.05, 3.63) is 64.2 Å². The Labute approximate surface area is 125 Å². The molecule has 0 spiro atoms. The van der Waals surface area contributed by atoms with Crippen molar-refractivity contribution >= 4 is 47.1 Å². The molecule has 0 bridgehead atoms. The van der Waals surface area contributed by atoms with Gasteiger partial charge in [-0.05, 0) is 53.5 Å². The molecule has 0 fully saturated rings. The van der Waals surface area contributed by atoms with E-state index >= 15 is 0 Å². The van der Waals surface area contributed by atoms with Crippen molar-refractivity contribution < 1.29 is 0 Å². The standard InChI is InChI=1S/C16H14Br2/c1-4-5-14(17)12-7-8-13-15(18)9-6-10(2)16(13)11(12)3/h4-9H,1H2,2-3H3/b14-5+. The SMILES string of the molecule is C=C/C=C(/Br)c1ccc2c(Br)ccc(C)c2c1C. The third-order valence-corrected chi connectivity index (χ3v) is 4.50. The normalized spacial score (nSPS) is 11.9. The lowest BCUT2D eigenvalue weighted by molar-refractivity contribution is 1.44. The van der Waals surface area contributed by atoms with Gasteiger partial charge in [0.2, 0.25) is 0 Å². The lowest BCUT2D eigenvalue weighted by atomic mass is 9.96. The molecule has 0 nitrogen and oxygen atoms in total. The first-order valence-corrected chi connectivity index (χ1v) is 7.32. The minimum Gasteiger partial charge on any atom is -0.0990 e. The molecule has 2 aromatic rings. The number of hydrogen-bond donors (Lipinski definition) is 0. The van der Waals surface area contributed by atoms with Crippen molar-refractivity contribution in [1.29, 1.82) is 0 Å². The van der Waals surface area contributed by atoms with Gasteiger partial charge in [0, 0.05) is 8.96 Å². The van der Waals surface area contributed by atoms with Crippen LogP contribution in [0.2, 0.25) is 0 Å². The minimum absolute atomic E-state index is 1.07. The Balaban J connectivity index is 2.83. The second-order valence-corrected chi connectivity index (χ2v) is 5.98. The van der Waals surface area contributed by atoms with Crippen LogP contribution in [0.3, 0.4) is 0 Å². The molecule has 2 rings (SSSR count). The molecule has 0 saturated carbocycles. The summed E-state index contributed by atoms with van der Waals surface area (Å²) in [4.78, 5) is 0. The van der Waals surface area contributed by atoms with Gasteiger partial charge in [-0.3, -0.25) is 0 Å². The summed E-state index contributed by atoms with van der Waals surface area (Å²) in [6.07, 6.45) is 3.77. The molecule has 2 heteroatoms. The number of fused-ring (bicyclic) bond motifs is 1. The van der Waals surface area contributed by atoms with Crippen LogP contribution in [-0.2, 0) is 0 Å². The Kier molecular flexibility index (Phi) is 4.08. The van der Waals surface area contributed by atoms with E-state index < -0.39 is 0 Å². The van der Waals surface area contributed by atoms with Crippen molar-refractivity contribution in [2.75, 3.05) is 0 Å². The summed E-state index contributed by atoms with van der Waals surface area (Å²) in [5, 5.41) is 2.58. The van der Waals surface area contributed by atoms with Gasteiger partial charge in [0.25, 0.3) is 0 Å². The Morgan fingerprint density at radius 2 is 1.89 bits per heavy atom. The zero-order chi connectivity index (χ0) is 13.3. The molecular formula is C16H14Br2. The van der Waals surface area contributed by atoms with Gasteiger partial charge >= 0.3 is 0 Å². The first-order chi connectivity index (χ1) is 8.56. The third kappa shape index (κ3) is 2.32. The summed E-state index contributed by atoms with van der Waals surface area (Å²) in [7, 11) is 0. The summed E-state index contributed by atoms with van der Waals surface area (Å²) in [6, 6.07) is 8.55. The molecule has 0 N–H and O–H groups in total. The molecule has 0 aliphatic rings. The van der Waals surface area contributed by atoms with Gasteiger partial charge in [-0.25, -0.2) is 0 Å². The summed E-state index contributed by atoms with van der Waals surface area (Å²) in [5.41, 5.74) is 3.80. The topological polar surface area (TPSA) is 0 Å². The third-order valence-electron chi connectivity index (χ3n) is 3.12.